The first-order valence-corrected chi connectivity index (χ1v) is 9.36. The van der Waals surface area contributed by atoms with Gasteiger partial charge in [-0.2, -0.15) is 9.50 Å². The highest BCUT2D eigenvalue weighted by Gasteiger charge is 2.13. The molecule has 136 valence electrons. The lowest BCUT2D eigenvalue weighted by atomic mass is 10.2. The van der Waals surface area contributed by atoms with Gasteiger partial charge in [-0.15, -0.1) is 5.10 Å². The summed E-state index contributed by atoms with van der Waals surface area (Å²) < 4.78 is 13.0. The van der Waals surface area contributed by atoms with E-state index in [1.54, 1.807) is 18.4 Å². The lowest BCUT2D eigenvalue weighted by Crippen LogP contribution is -2.23. The Kier molecular flexibility index (Phi) is 3.99. The van der Waals surface area contributed by atoms with Gasteiger partial charge in [-0.1, -0.05) is 41.7 Å². The lowest BCUT2D eigenvalue weighted by Gasteiger charge is -2.05. The van der Waals surface area contributed by atoms with Crippen LogP contribution in [0.15, 0.2) is 82.2 Å². The summed E-state index contributed by atoms with van der Waals surface area (Å²) in [6, 6.07) is 20.6. The molecule has 0 aliphatic carbocycles. The number of furan rings is 1. The second-order valence-electron chi connectivity index (χ2n) is 6.01. The van der Waals surface area contributed by atoms with Crippen molar-refractivity contribution in [3.63, 3.8) is 0 Å². The zero-order chi connectivity index (χ0) is 18.9. The van der Waals surface area contributed by atoms with E-state index in [1.165, 1.54) is 15.9 Å². The first-order chi connectivity index (χ1) is 13.8. The van der Waals surface area contributed by atoms with Gasteiger partial charge in [0.05, 0.1) is 10.8 Å². The molecule has 6 nitrogen and oxygen atoms in total. The average molecular weight is 387 g/mol. The van der Waals surface area contributed by atoms with E-state index in [1.807, 2.05) is 60.7 Å². The van der Waals surface area contributed by atoms with Gasteiger partial charge in [0.25, 0.3) is 5.56 Å². The minimum atomic E-state index is -0.209. The van der Waals surface area contributed by atoms with E-state index >= 15 is 0 Å². The highest BCUT2D eigenvalue weighted by molar-refractivity contribution is 7.15. The maximum absolute atomic E-state index is 12.7. The summed E-state index contributed by atoms with van der Waals surface area (Å²) in [6.07, 6.45) is 3.36. The molecule has 0 saturated carbocycles. The molecule has 2 aromatic carbocycles. The van der Waals surface area contributed by atoms with Crippen molar-refractivity contribution in [1.29, 1.82) is 0 Å². The summed E-state index contributed by atoms with van der Waals surface area (Å²) in [6.45, 7) is 0. The maximum Gasteiger partial charge on any atom is 0.291 e. The minimum Gasteiger partial charge on any atom is -0.461 e. The summed E-state index contributed by atoms with van der Waals surface area (Å²) in [5.41, 5.74) is 0.654. The molecule has 0 spiro atoms. The van der Waals surface area contributed by atoms with E-state index in [-0.39, 0.29) is 5.56 Å². The number of thiazole rings is 1. The molecule has 28 heavy (non-hydrogen) atoms. The Labute approximate surface area is 163 Å². The Morgan fingerprint density at radius 3 is 2.64 bits per heavy atom. The van der Waals surface area contributed by atoms with Crippen molar-refractivity contribution in [3.05, 3.63) is 93.4 Å². The van der Waals surface area contributed by atoms with Crippen LogP contribution in [0.4, 0.5) is 0 Å². The summed E-state index contributed by atoms with van der Waals surface area (Å²) in [7, 11) is 0. The van der Waals surface area contributed by atoms with Gasteiger partial charge in [-0.25, -0.2) is 0 Å². The molecule has 0 radical (unpaired) electrons. The Bertz CT molecular complexity index is 1360. The maximum atomic E-state index is 12.7. The summed E-state index contributed by atoms with van der Waals surface area (Å²) in [5.74, 6) is 2.39. The number of hydrogen-bond acceptors (Lipinski definition) is 6. The van der Waals surface area contributed by atoms with Crippen molar-refractivity contribution < 1.29 is 9.15 Å². The van der Waals surface area contributed by atoms with Gasteiger partial charge in [-0.3, -0.25) is 4.79 Å². The van der Waals surface area contributed by atoms with Crippen LogP contribution in [0.2, 0.25) is 0 Å². The molecule has 0 aliphatic rings. The third kappa shape index (κ3) is 3.08. The normalized spacial score (nSPS) is 11.9. The fourth-order valence-electron chi connectivity index (χ4n) is 2.79. The zero-order valence-corrected chi connectivity index (χ0v) is 15.3. The zero-order valence-electron chi connectivity index (χ0n) is 14.5. The van der Waals surface area contributed by atoms with E-state index in [4.69, 9.17) is 9.15 Å². The summed E-state index contributed by atoms with van der Waals surface area (Å²) >= 11 is 1.29. The van der Waals surface area contributed by atoms with E-state index < -0.39 is 0 Å². The first-order valence-electron chi connectivity index (χ1n) is 8.54. The fraction of sp³-hybridized carbons (Fsp3) is 0. The Hall–Kier alpha value is -3.71. The van der Waals surface area contributed by atoms with Crippen LogP contribution in [0.25, 0.3) is 22.6 Å². The third-order valence-corrected chi connectivity index (χ3v) is 5.02. The van der Waals surface area contributed by atoms with Crippen LogP contribution in [-0.2, 0) is 0 Å². The van der Waals surface area contributed by atoms with Crippen molar-refractivity contribution in [2.75, 3.05) is 0 Å². The van der Waals surface area contributed by atoms with Crippen molar-refractivity contribution in [3.8, 4) is 23.1 Å². The van der Waals surface area contributed by atoms with Crippen LogP contribution in [0, 0.1) is 0 Å². The Morgan fingerprint density at radius 2 is 1.86 bits per heavy atom. The Morgan fingerprint density at radius 1 is 1.00 bits per heavy atom. The first kappa shape index (κ1) is 16.5. The number of ether oxygens (including phenoxy) is 1. The molecule has 5 aromatic rings. The molecule has 0 atom stereocenters. The molecular weight excluding hydrogens is 374 g/mol. The van der Waals surface area contributed by atoms with Gasteiger partial charge in [0.15, 0.2) is 5.76 Å². The number of nitrogens with zero attached hydrogens (tertiary/aromatic N) is 3. The van der Waals surface area contributed by atoms with E-state index in [0.29, 0.717) is 26.8 Å². The van der Waals surface area contributed by atoms with Crippen LogP contribution in [-0.4, -0.2) is 14.6 Å². The van der Waals surface area contributed by atoms with Crippen LogP contribution in [0.5, 0.6) is 11.5 Å². The molecule has 0 saturated heterocycles. The lowest BCUT2D eigenvalue weighted by molar-refractivity contribution is 0.482. The van der Waals surface area contributed by atoms with E-state index in [9.17, 15) is 4.79 Å². The standard InChI is InChI=1S/C21H13N3O3S/c25-20-18(28-21-22-19(23-24(20)21)17-10-5-11-26-17)13-14-6-4-9-16(12-14)27-15-7-2-1-3-8-15/h1-13H. The molecule has 0 N–H and O–H groups in total. The van der Waals surface area contributed by atoms with Crippen LogP contribution in [0.3, 0.4) is 0 Å². The molecule has 0 bridgehead atoms. The summed E-state index contributed by atoms with van der Waals surface area (Å²) in [4.78, 5) is 17.6. The van der Waals surface area contributed by atoms with Crippen LogP contribution >= 0.6 is 11.3 Å². The topological polar surface area (TPSA) is 69.6 Å². The van der Waals surface area contributed by atoms with Crippen molar-refractivity contribution in [2.45, 2.75) is 0 Å². The predicted octanol–water partition coefficient (Wildman–Crippen LogP) is 3.75. The number of benzene rings is 2. The van der Waals surface area contributed by atoms with Gasteiger partial charge < -0.3 is 9.15 Å². The molecular formula is C21H13N3O3S. The number of rotatable bonds is 4. The molecule has 7 heteroatoms. The van der Waals surface area contributed by atoms with Crippen LogP contribution < -0.4 is 14.8 Å². The monoisotopic (exact) mass is 387 g/mol. The quantitative estimate of drug-likeness (QED) is 0.470. The van der Waals surface area contributed by atoms with Gasteiger partial charge in [0, 0.05) is 0 Å². The number of fused-ring (bicyclic) bond motifs is 1. The second kappa shape index (κ2) is 6.79. The van der Waals surface area contributed by atoms with Crippen LogP contribution in [0.1, 0.15) is 5.56 Å². The predicted molar refractivity (Wildman–Crippen MR) is 107 cm³/mol. The van der Waals surface area contributed by atoms with E-state index in [0.717, 1.165) is 11.3 Å². The SMILES string of the molecule is O=c1c(=Cc2cccc(Oc3ccccc3)c2)sc2nc(-c3ccco3)nn12. The molecule has 5 rings (SSSR count). The minimum absolute atomic E-state index is 0.209. The highest BCUT2D eigenvalue weighted by atomic mass is 32.1. The molecule has 0 aliphatic heterocycles. The molecule has 3 heterocycles. The number of aromatic nitrogens is 3. The van der Waals surface area contributed by atoms with Gasteiger partial charge in [0.2, 0.25) is 10.8 Å². The number of hydrogen-bond donors (Lipinski definition) is 0. The second-order valence-corrected chi connectivity index (χ2v) is 7.02. The van der Waals surface area contributed by atoms with E-state index in [2.05, 4.69) is 10.1 Å². The molecule has 0 fully saturated rings. The largest absolute Gasteiger partial charge is 0.461 e. The average Bonchev–Trinajstić information content (AvgIpc) is 3.42. The highest BCUT2D eigenvalue weighted by Crippen LogP contribution is 2.22. The van der Waals surface area contributed by atoms with Gasteiger partial charge >= 0.3 is 0 Å². The van der Waals surface area contributed by atoms with Crippen molar-refractivity contribution in [1.82, 2.24) is 14.6 Å². The van der Waals surface area contributed by atoms with Crippen molar-refractivity contribution in [2.24, 2.45) is 0 Å². The van der Waals surface area contributed by atoms with Gasteiger partial charge in [0.1, 0.15) is 11.5 Å². The summed E-state index contributed by atoms with van der Waals surface area (Å²) in [5, 5.41) is 4.26. The van der Waals surface area contributed by atoms with Gasteiger partial charge in [-0.05, 0) is 48.0 Å². The molecule has 3 aromatic heterocycles. The Balaban J connectivity index is 1.50. The van der Waals surface area contributed by atoms with Crippen molar-refractivity contribution >= 4 is 22.4 Å². The number of para-hydroxylation sites is 1. The molecule has 0 unspecified atom stereocenters. The molecule has 0 amide bonds. The third-order valence-electron chi connectivity index (χ3n) is 4.06. The fourth-order valence-corrected chi connectivity index (χ4v) is 3.70. The smallest absolute Gasteiger partial charge is 0.291 e.